The molecule has 18 heavy (non-hydrogen) atoms. The first-order valence-corrected chi connectivity index (χ1v) is 6.85. The van der Waals surface area contributed by atoms with Crippen LogP contribution in [-0.2, 0) is 9.47 Å². The van der Waals surface area contributed by atoms with Gasteiger partial charge in [0.05, 0.1) is 13.2 Å². The second kappa shape index (κ2) is 6.15. The van der Waals surface area contributed by atoms with E-state index >= 15 is 0 Å². The zero-order valence-electron chi connectivity index (χ0n) is 10.5. The van der Waals surface area contributed by atoms with E-state index in [0.717, 1.165) is 25.2 Å². The van der Waals surface area contributed by atoms with Crippen molar-refractivity contribution < 1.29 is 14.3 Å². The highest BCUT2D eigenvalue weighted by molar-refractivity contribution is 7.99. The van der Waals surface area contributed by atoms with Crippen molar-refractivity contribution in [3.63, 3.8) is 0 Å². The molecule has 0 spiro atoms. The van der Waals surface area contributed by atoms with Gasteiger partial charge in [-0.15, -0.1) is 11.8 Å². The van der Waals surface area contributed by atoms with Crippen molar-refractivity contribution in [2.45, 2.75) is 30.9 Å². The molecule has 2 rings (SSSR count). The number of rotatable bonds is 4. The van der Waals surface area contributed by atoms with Gasteiger partial charge in [0.25, 0.3) is 0 Å². The van der Waals surface area contributed by atoms with Crippen LogP contribution < -0.4 is 0 Å². The minimum absolute atomic E-state index is 0.260. The zero-order valence-corrected chi connectivity index (χ0v) is 11.3. The van der Waals surface area contributed by atoms with E-state index in [0.29, 0.717) is 16.4 Å². The Morgan fingerprint density at radius 3 is 3.17 bits per heavy atom. The van der Waals surface area contributed by atoms with E-state index < -0.39 is 5.97 Å². The molecule has 1 aliphatic heterocycles. The van der Waals surface area contributed by atoms with Crippen LogP contribution in [0.25, 0.3) is 0 Å². The van der Waals surface area contributed by atoms with Crippen LogP contribution in [0.5, 0.6) is 0 Å². The Bertz CT molecular complexity index is 433. The van der Waals surface area contributed by atoms with E-state index in [1.165, 1.54) is 25.1 Å². The number of carbonyl (C=O) groups excluding carboxylic acids is 1. The minimum Gasteiger partial charge on any atom is -0.465 e. The standard InChI is InChI=1S/C12H16N2O3S/c1-8-13-6-10(12(15)16-2)11(14-8)18-7-9-4-3-5-17-9/h6,9H,3-5,7H2,1-2H3. The molecule has 1 aromatic rings. The summed E-state index contributed by atoms with van der Waals surface area (Å²) >= 11 is 1.53. The summed E-state index contributed by atoms with van der Waals surface area (Å²) < 4.78 is 10.3. The van der Waals surface area contributed by atoms with E-state index in [1.54, 1.807) is 6.92 Å². The number of carbonyl (C=O) groups is 1. The van der Waals surface area contributed by atoms with Crippen LogP contribution in [0.15, 0.2) is 11.2 Å². The van der Waals surface area contributed by atoms with Gasteiger partial charge in [-0.1, -0.05) is 0 Å². The maximum atomic E-state index is 11.6. The summed E-state index contributed by atoms with van der Waals surface area (Å²) in [6.45, 7) is 2.63. The molecule has 5 nitrogen and oxygen atoms in total. The van der Waals surface area contributed by atoms with E-state index in [1.807, 2.05) is 0 Å². The Kier molecular flexibility index (Phi) is 4.54. The van der Waals surface area contributed by atoms with Gasteiger partial charge in [0.2, 0.25) is 0 Å². The van der Waals surface area contributed by atoms with Crippen molar-refractivity contribution in [2.75, 3.05) is 19.5 Å². The monoisotopic (exact) mass is 268 g/mol. The lowest BCUT2D eigenvalue weighted by Crippen LogP contribution is -2.11. The highest BCUT2D eigenvalue weighted by Gasteiger charge is 2.19. The summed E-state index contributed by atoms with van der Waals surface area (Å²) in [5, 5.41) is 0.671. The number of esters is 1. The predicted octanol–water partition coefficient (Wildman–Crippen LogP) is 1.84. The molecule has 1 saturated heterocycles. The molecule has 0 aromatic carbocycles. The minimum atomic E-state index is -0.398. The fourth-order valence-corrected chi connectivity index (χ4v) is 2.85. The molecule has 98 valence electrons. The number of thioether (sulfide) groups is 1. The topological polar surface area (TPSA) is 61.3 Å². The number of nitrogens with zero attached hydrogens (tertiary/aromatic N) is 2. The molecule has 0 amide bonds. The lowest BCUT2D eigenvalue weighted by atomic mass is 10.3. The fourth-order valence-electron chi connectivity index (χ4n) is 1.76. The average molecular weight is 268 g/mol. The first-order chi connectivity index (χ1) is 8.70. The lowest BCUT2D eigenvalue weighted by Gasteiger charge is -2.10. The molecule has 1 unspecified atom stereocenters. The fraction of sp³-hybridized carbons (Fsp3) is 0.583. The van der Waals surface area contributed by atoms with Gasteiger partial charge >= 0.3 is 5.97 Å². The van der Waals surface area contributed by atoms with E-state index in [2.05, 4.69) is 9.97 Å². The van der Waals surface area contributed by atoms with Crippen molar-refractivity contribution in [1.82, 2.24) is 9.97 Å². The van der Waals surface area contributed by atoms with Crippen LogP contribution in [0.3, 0.4) is 0 Å². The molecule has 1 fully saturated rings. The Morgan fingerprint density at radius 1 is 1.67 bits per heavy atom. The van der Waals surface area contributed by atoms with Crippen molar-refractivity contribution in [1.29, 1.82) is 0 Å². The molecule has 0 bridgehead atoms. The third kappa shape index (κ3) is 3.20. The number of aryl methyl sites for hydroxylation is 1. The van der Waals surface area contributed by atoms with Crippen LogP contribution in [0.4, 0.5) is 0 Å². The molecule has 1 aliphatic rings. The maximum Gasteiger partial charge on any atom is 0.342 e. The molecule has 1 aromatic heterocycles. The highest BCUT2D eigenvalue weighted by atomic mass is 32.2. The molecule has 6 heteroatoms. The van der Waals surface area contributed by atoms with Crippen molar-refractivity contribution in [3.8, 4) is 0 Å². The summed E-state index contributed by atoms with van der Waals surface area (Å²) in [5.74, 6) is 1.06. The molecule has 0 radical (unpaired) electrons. The molecule has 0 N–H and O–H groups in total. The van der Waals surface area contributed by atoms with Crippen LogP contribution in [0, 0.1) is 6.92 Å². The van der Waals surface area contributed by atoms with Crippen LogP contribution in [-0.4, -0.2) is 41.5 Å². The quantitative estimate of drug-likeness (QED) is 0.472. The smallest absolute Gasteiger partial charge is 0.342 e. The summed E-state index contributed by atoms with van der Waals surface area (Å²) in [5.41, 5.74) is 0.422. The van der Waals surface area contributed by atoms with E-state index in [4.69, 9.17) is 9.47 Å². The first kappa shape index (κ1) is 13.3. The van der Waals surface area contributed by atoms with Crippen molar-refractivity contribution in [2.24, 2.45) is 0 Å². The van der Waals surface area contributed by atoms with E-state index in [-0.39, 0.29) is 6.10 Å². The second-order valence-electron chi connectivity index (χ2n) is 4.07. The number of methoxy groups -OCH3 is 1. The normalized spacial score (nSPS) is 18.9. The van der Waals surface area contributed by atoms with Gasteiger partial charge in [-0.2, -0.15) is 0 Å². The van der Waals surface area contributed by atoms with Gasteiger partial charge in [0, 0.05) is 18.6 Å². The number of ether oxygens (including phenoxy) is 2. The third-order valence-electron chi connectivity index (χ3n) is 2.71. The number of hydrogen-bond acceptors (Lipinski definition) is 6. The van der Waals surface area contributed by atoms with Crippen molar-refractivity contribution in [3.05, 3.63) is 17.6 Å². The molecular formula is C12H16N2O3S. The summed E-state index contributed by atoms with van der Waals surface area (Å²) in [4.78, 5) is 19.9. The maximum absolute atomic E-state index is 11.6. The van der Waals surface area contributed by atoms with Gasteiger partial charge in [0.1, 0.15) is 16.4 Å². The Balaban J connectivity index is 2.08. The SMILES string of the molecule is COC(=O)c1cnc(C)nc1SCC1CCCO1. The summed E-state index contributed by atoms with van der Waals surface area (Å²) in [6.07, 6.45) is 3.96. The van der Waals surface area contributed by atoms with Crippen molar-refractivity contribution >= 4 is 17.7 Å². The predicted molar refractivity (Wildman–Crippen MR) is 67.8 cm³/mol. The Morgan fingerprint density at radius 2 is 2.50 bits per heavy atom. The number of aromatic nitrogens is 2. The molecule has 0 aliphatic carbocycles. The van der Waals surface area contributed by atoms with E-state index in [9.17, 15) is 4.79 Å². The van der Waals surface area contributed by atoms with Crippen LogP contribution in [0.2, 0.25) is 0 Å². The van der Waals surface area contributed by atoms with Crippen LogP contribution >= 0.6 is 11.8 Å². The molecule has 1 atom stereocenters. The van der Waals surface area contributed by atoms with Gasteiger partial charge in [-0.3, -0.25) is 0 Å². The molecular weight excluding hydrogens is 252 g/mol. The van der Waals surface area contributed by atoms with Gasteiger partial charge < -0.3 is 9.47 Å². The van der Waals surface area contributed by atoms with Gasteiger partial charge in [-0.25, -0.2) is 14.8 Å². The molecule has 2 heterocycles. The Labute approximate surface area is 110 Å². The summed E-state index contributed by atoms with van der Waals surface area (Å²) in [6, 6.07) is 0. The summed E-state index contributed by atoms with van der Waals surface area (Å²) in [7, 11) is 1.36. The Hall–Kier alpha value is -1.14. The average Bonchev–Trinajstić information content (AvgIpc) is 2.88. The van der Waals surface area contributed by atoms with Gasteiger partial charge in [-0.05, 0) is 19.8 Å². The number of hydrogen-bond donors (Lipinski definition) is 0. The largest absolute Gasteiger partial charge is 0.465 e. The first-order valence-electron chi connectivity index (χ1n) is 5.87. The second-order valence-corrected chi connectivity index (χ2v) is 5.08. The molecule has 0 saturated carbocycles. The lowest BCUT2D eigenvalue weighted by molar-refractivity contribution is 0.0595. The highest BCUT2D eigenvalue weighted by Crippen LogP contribution is 2.25. The van der Waals surface area contributed by atoms with Gasteiger partial charge in [0.15, 0.2) is 0 Å². The zero-order chi connectivity index (χ0) is 13.0. The third-order valence-corrected chi connectivity index (χ3v) is 3.83. The van der Waals surface area contributed by atoms with Crippen LogP contribution in [0.1, 0.15) is 29.0 Å².